The molecule has 18 heavy (non-hydrogen) atoms. The van der Waals surface area contributed by atoms with Gasteiger partial charge < -0.3 is 14.0 Å². The molecule has 0 amide bonds. The fraction of sp³-hybridized carbons (Fsp3) is 0.538. The molecular formula is C13H18N2O3. The van der Waals surface area contributed by atoms with Gasteiger partial charge in [-0.1, -0.05) is 19.0 Å². The van der Waals surface area contributed by atoms with Gasteiger partial charge in [0, 0.05) is 0 Å². The lowest BCUT2D eigenvalue weighted by Gasteiger charge is -2.09. The van der Waals surface area contributed by atoms with Crippen LogP contribution in [0.15, 0.2) is 21.3 Å². The highest BCUT2D eigenvalue weighted by molar-refractivity contribution is 5.56. The van der Waals surface area contributed by atoms with Crippen LogP contribution in [0.1, 0.15) is 31.9 Å². The second-order valence-corrected chi connectivity index (χ2v) is 4.89. The largest absolute Gasteiger partial charge is 0.469 e. The molecule has 0 bridgehead atoms. The Kier molecular flexibility index (Phi) is 3.81. The SMILES string of the molecule is Cc1occc1-c1noc(CC(O)CC(C)C)n1. The highest BCUT2D eigenvalue weighted by atomic mass is 16.5. The second kappa shape index (κ2) is 5.35. The van der Waals surface area contributed by atoms with Crippen LogP contribution in [0.25, 0.3) is 11.4 Å². The van der Waals surface area contributed by atoms with E-state index >= 15 is 0 Å². The first-order valence-corrected chi connectivity index (χ1v) is 6.11. The van der Waals surface area contributed by atoms with E-state index in [1.165, 1.54) is 0 Å². The highest BCUT2D eigenvalue weighted by Crippen LogP contribution is 2.21. The lowest BCUT2D eigenvalue weighted by Crippen LogP contribution is -2.13. The zero-order valence-electron chi connectivity index (χ0n) is 10.9. The van der Waals surface area contributed by atoms with Crippen molar-refractivity contribution >= 4 is 0 Å². The quantitative estimate of drug-likeness (QED) is 0.883. The molecule has 0 saturated carbocycles. The Bertz CT molecular complexity index is 502. The number of hydrogen-bond donors (Lipinski definition) is 1. The molecular weight excluding hydrogens is 232 g/mol. The minimum Gasteiger partial charge on any atom is -0.469 e. The van der Waals surface area contributed by atoms with Crippen LogP contribution in [0.2, 0.25) is 0 Å². The summed E-state index contributed by atoms with van der Waals surface area (Å²) in [6, 6.07) is 1.80. The van der Waals surface area contributed by atoms with Gasteiger partial charge in [0.15, 0.2) is 0 Å². The maximum atomic E-state index is 9.82. The topological polar surface area (TPSA) is 72.3 Å². The van der Waals surface area contributed by atoms with Crippen LogP contribution in [-0.4, -0.2) is 21.4 Å². The van der Waals surface area contributed by atoms with E-state index in [0.29, 0.717) is 24.1 Å². The van der Waals surface area contributed by atoms with Crippen molar-refractivity contribution in [2.45, 2.75) is 39.7 Å². The van der Waals surface area contributed by atoms with Gasteiger partial charge in [-0.05, 0) is 25.3 Å². The third-order valence-corrected chi connectivity index (χ3v) is 2.72. The molecule has 0 aliphatic carbocycles. The Morgan fingerprint density at radius 1 is 1.39 bits per heavy atom. The Morgan fingerprint density at radius 2 is 2.17 bits per heavy atom. The van der Waals surface area contributed by atoms with Gasteiger partial charge in [0.2, 0.25) is 11.7 Å². The molecule has 2 heterocycles. The number of furan rings is 1. The van der Waals surface area contributed by atoms with Crippen molar-refractivity contribution in [1.29, 1.82) is 0 Å². The standard InChI is InChI=1S/C13H18N2O3/c1-8(2)6-10(16)7-12-14-13(15-18-12)11-4-5-17-9(11)3/h4-5,8,10,16H,6-7H2,1-3H3. The van der Waals surface area contributed by atoms with E-state index in [9.17, 15) is 5.11 Å². The van der Waals surface area contributed by atoms with Crippen LogP contribution >= 0.6 is 0 Å². The average molecular weight is 250 g/mol. The van der Waals surface area contributed by atoms with Gasteiger partial charge in [0.05, 0.1) is 24.4 Å². The summed E-state index contributed by atoms with van der Waals surface area (Å²) in [6.45, 7) is 5.98. The first-order valence-electron chi connectivity index (χ1n) is 6.11. The maximum Gasteiger partial charge on any atom is 0.229 e. The summed E-state index contributed by atoms with van der Waals surface area (Å²) in [4.78, 5) is 4.26. The van der Waals surface area contributed by atoms with E-state index in [4.69, 9.17) is 8.94 Å². The second-order valence-electron chi connectivity index (χ2n) is 4.89. The summed E-state index contributed by atoms with van der Waals surface area (Å²) in [5, 5.41) is 13.7. The average Bonchev–Trinajstić information content (AvgIpc) is 2.85. The summed E-state index contributed by atoms with van der Waals surface area (Å²) in [6.07, 6.45) is 2.27. The summed E-state index contributed by atoms with van der Waals surface area (Å²) in [5.41, 5.74) is 0.823. The molecule has 1 atom stereocenters. The van der Waals surface area contributed by atoms with Crippen molar-refractivity contribution < 1.29 is 14.0 Å². The van der Waals surface area contributed by atoms with Gasteiger partial charge in [0.1, 0.15) is 5.76 Å². The van der Waals surface area contributed by atoms with Crippen molar-refractivity contribution in [3.63, 3.8) is 0 Å². The summed E-state index contributed by atoms with van der Waals surface area (Å²) in [7, 11) is 0. The molecule has 5 nitrogen and oxygen atoms in total. The third-order valence-electron chi connectivity index (χ3n) is 2.72. The molecule has 1 unspecified atom stereocenters. The van der Waals surface area contributed by atoms with E-state index in [-0.39, 0.29) is 0 Å². The smallest absolute Gasteiger partial charge is 0.229 e. The van der Waals surface area contributed by atoms with Crippen LogP contribution in [0, 0.1) is 12.8 Å². The number of hydrogen-bond acceptors (Lipinski definition) is 5. The fourth-order valence-corrected chi connectivity index (χ4v) is 1.89. The van der Waals surface area contributed by atoms with Crippen molar-refractivity contribution in [2.75, 3.05) is 0 Å². The molecule has 0 spiro atoms. The lowest BCUT2D eigenvalue weighted by atomic mass is 10.0. The van der Waals surface area contributed by atoms with E-state index in [1.54, 1.807) is 12.3 Å². The van der Waals surface area contributed by atoms with E-state index in [2.05, 4.69) is 24.0 Å². The molecule has 2 rings (SSSR count). The minimum absolute atomic E-state index is 0.391. The van der Waals surface area contributed by atoms with Crippen LogP contribution in [0.5, 0.6) is 0 Å². The maximum absolute atomic E-state index is 9.82. The fourth-order valence-electron chi connectivity index (χ4n) is 1.89. The van der Waals surface area contributed by atoms with Crippen molar-refractivity contribution in [3.8, 4) is 11.4 Å². The summed E-state index contributed by atoms with van der Waals surface area (Å²) < 4.78 is 10.3. The monoisotopic (exact) mass is 250 g/mol. The first-order chi connectivity index (χ1) is 8.56. The highest BCUT2D eigenvalue weighted by Gasteiger charge is 2.16. The van der Waals surface area contributed by atoms with Gasteiger partial charge in [-0.3, -0.25) is 0 Å². The van der Waals surface area contributed by atoms with Crippen LogP contribution in [-0.2, 0) is 6.42 Å². The van der Waals surface area contributed by atoms with E-state index < -0.39 is 6.10 Å². The van der Waals surface area contributed by atoms with Gasteiger partial charge in [-0.25, -0.2) is 0 Å². The van der Waals surface area contributed by atoms with Gasteiger partial charge in [-0.2, -0.15) is 4.98 Å². The molecule has 2 aromatic heterocycles. The zero-order valence-corrected chi connectivity index (χ0v) is 10.9. The molecule has 5 heteroatoms. The number of aliphatic hydroxyl groups excluding tert-OH is 1. The van der Waals surface area contributed by atoms with Crippen LogP contribution < -0.4 is 0 Å². The summed E-state index contributed by atoms with van der Waals surface area (Å²) in [5.74, 6) is 2.16. The van der Waals surface area contributed by atoms with Gasteiger partial charge in [-0.15, -0.1) is 0 Å². The molecule has 1 N–H and O–H groups in total. The molecule has 0 aromatic carbocycles. The van der Waals surface area contributed by atoms with Crippen LogP contribution in [0.4, 0.5) is 0 Å². The Labute approximate surface area is 106 Å². The Morgan fingerprint density at radius 3 is 2.78 bits per heavy atom. The molecule has 0 saturated heterocycles. The number of rotatable bonds is 5. The van der Waals surface area contributed by atoms with E-state index in [1.807, 2.05) is 6.92 Å². The number of aryl methyl sites for hydroxylation is 1. The molecule has 98 valence electrons. The van der Waals surface area contributed by atoms with Crippen molar-refractivity contribution in [1.82, 2.24) is 10.1 Å². The molecule has 0 aliphatic rings. The lowest BCUT2D eigenvalue weighted by molar-refractivity contribution is 0.138. The van der Waals surface area contributed by atoms with E-state index in [0.717, 1.165) is 17.7 Å². The first kappa shape index (κ1) is 12.8. The molecule has 0 radical (unpaired) electrons. The predicted octanol–water partition coefficient (Wildman–Crippen LogP) is 2.59. The van der Waals surface area contributed by atoms with Crippen molar-refractivity contribution in [3.05, 3.63) is 24.0 Å². The van der Waals surface area contributed by atoms with Crippen molar-refractivity contribution in [2.24, 2.45) is 5.92 Å². The van der Waals surface area contributed by atoms with Gasteiger partial charge in [0.25, 0.3) is 0 Å². The third kappa shape index (κ3) is 2.98. The number of nitrogens with zero attached hydrogens (tertiary/aromatic N) is 2. The number of aromatic nitrogens is 2. The summed E-state index contributed by atoms with van der Waals surface area (Å²) >= 11 is 0. The number of aliphatic hydroxyl groups is 1. The van der Waals surface area contributed by atoms with Crippen LogP contribution in [0.3, 0.4) is 0 Å². The minimum atomic E-state index is -0.441. The Hall–Kier alpha value is -1.62. The molecule has 0 aliphatic heterocycles. The zero-order chi connectivity index (χ0) is 13.1. The molecule has 2 aromatic rings. The molecule has 0 fully saturated rings. The predicted molar refractivity (Wildman–Crippen MR) is 65.9 cm³/mol. The Balaban J connectivity index is 2.05. The normalized spacial score (nSPS) is 13.2. The van der Waals surface area contributed by atoms with Gasteiger partial charge >= 0.3 is 0 Å².